The number of carbonyl (C=O) groups is 1. The lowest BCUT2D eigenvalue weighted by atomic mass is 10.1. The molecule has 6 nitrogen and oxygen atoms in total. The number of anilines is 1. The Kier molecular flexibility index (Phi) is 6.44. The summed E-state index contributed by atoms with van der Waals surface area (Å²) in [5.74, 6) is 0. The fraction of sp³-hybridized carbons (Fsp3) is 0.118. The Morgan fingerprint density at radius 3 is 2.41 bits per heavy atom. The molecule has 0 aliphatic rings. The number of ether oxygens (including phenoxy) is 1. The van der Waals surface area contributed by atoms with Crippen LogP contribution in [0.25, 0.3) is 0 Å². The molecule has 0 unspecified atom stereocenters. The van der Waals surface area contributed by atoms with Crippen molar-refractivity contribution in [2.75, 3.05) is 5.32 Å². The predicted octanol–water partition coefficient (Wildman–Crippen LogP) is 5.88. The summed E-state index contributed by atoms with van der Waals surface area (Å²) < 4.78 is 7.09. The minimum absolute atomic E-state index is 0.211. The minimum Gasteiger partial charge on any atom is -0.439 e. The molecule has 27 heavy (non-hydrogen) atoms. The van der Waals surface area contributed by atoms with Crippen LogP contribution in [0, 0.1) is 0 Å². The van der Waals surface area contributed by atoms with Gasteiger partial charge in [0.25, 0.3) is 0 Å². The largest absolute Gasteiger partial charge is 0.439 e. The quantitative estimate of drug-likeness (QED) is 0.532. The number of hydrogen-bond donors (Lipinski definition) is 1. The van der Waals surface area contributed by atoms with Gasteiger partial charge in [-0.1, -0.05) is 52.5 Å². The highest BCUT2D eigenvalue weighted by atomic mass is 35.5. The van der Waals surface area contributed by atoms with Gasteiger partial charge >= 0.3 is 6.09 Å². The van der Waals surface area contributed by atoms with E-state index >= 15 is 0 Å². The molecule has 10 heteroatoms. The molecule has 0 saturated heterocycles. The molecule has 0 fully saturated rings. The van der Waals surface area contributed by atoms with Gasteiger partial charge in [0, 0.05) is 20.6 Å². The number of aromatic nitrogens is 3. The number of rotatable bonds is 5. The van der Waals surface area contributed by atoms with Crippen molar-refractivity contribution in [2.24, 2.45) is 0 Å². The Bertz CT molecular complexity index is 950. The van der Waals surface area contributed by atoms with Crippen LogP contribution >= 0.6 is 46.4 Å². The van der Waals surface area contributed by atoms with Gasteiger partial charge in [0.05, 0.1) is 17.3 Å². The maximum atomic E-state index is 12.4. The molecule has 1 atom stereocenters. The van der Waals surface area contributed by atoms with Crippen molar-refractivity contribution in [1.82, 2.24) is 14.8 Å². The zero-order valence-electron chi connectivity index (χ0n) is 13.6. The molecule has 140 valence electrons. The summed E-state index contributed by atoms with van der Waals surface area (Å²) in [6, 6.07) is 9.62. The van der Waals surface area contributed by atoms with Gasteiger partial charge < -0.3 is 4.74 Å². The van der Waals surface area contributed by atoms with E-state index in [2.05, 4.69) is 15.4 Å². The second kappa shape index (κ2) is 8.80. The van der Waals surface area contributed by atoms with E-state index in [4.69, 9.17) is 51.1 Å². The van der Waals surface area contributed by atoms with Crippen molar-refractivity contribution in [3.8, 4) is 0 Å². The lowest BCUT2D eigenvalue weighted by Crippen LogP contribution is -2.21. The molecule has 1 amide bonds. The summed E-state index contributed by atoms with van der Waals surface area (Å²) in [6.07, 6.45) is 1.44. The minimum atomic E-state index is -0.734. The zero-order valence-corrected chi connectivity index (χ0v) is 16.6. The molecule has 0 aliphatic heterocycles. The number of carbonyl (C=O) groups excluding carboxylic acids is 1. The molecule has 0 spiro atoms. The van der Waals surface area contributed by atoms with Crippen LogP contribution < -0.4 is 5.32 Å². The number of hydrogen-bond acceptors (Lipinski definition) is 4. The van der Waals surface area contributed by atoms with Gasteiger partial charge in [-0.05, 0) is 30.3 Å². The molecule has 1 heterocycles. The normalized spacial score (nSPS) is 11.9. The second-order valence-electron chi connectivity index (χ2n) is 5.43. The molecule has 0 radical (unpaired) electrons. The third-order valence-corrected chi connectivity index (χ3v) is 4.66. The Balaban J connectivity index is 1.81. The van der Waals surface area contributed by atoms with Gasteiger partial charge in [0.2, 0.25) is 0 Å². The topological polar surface area (TPSA) is 69.0 Å². The Hall–Kier alpha value is -1.99. The molecule has 1 aromatic heterocycles. The van der Waals surface area contributed by atoms with E-state index in [1.807, 2.05) is 0 Å². The van der Waals surface area contributed by atoms with Crippen LogP contribution in [0.5, 0.6) is 0 Å². The van der Waals surface area contributed by atoms with Crippen molar-refractivity contribution < 1.29 is 9.53 Å². The Labute approximate surface area is 175 Å². The summed E-state index contributed by atoms with van der Waals surface area (Å²) in [4.78, 5) is 16.3. The Morgan fingerprint density at radius 1 is 1.07 bits per heavy atom. The van der Waals surface area contributed by atoms with Crippen molar-refractivity contribution in [1.29, 1.82) is 0 Å². The SMILES string of the molecule is O=C(Nc1ccc(Cl)cc1Cl)O[C@H](Cn1cncn1)c1ccc(Cl)cc1Cl. The third kappa shape index (κ3) is 5.26. The van der Waals surface area contributed by atoms with E-state index in [0.717, 1.165) is 0 Å². The van der Waals surface area contributed by atoms with Crippen LogP contribution in [0.2, 0.25) is 20.1 Å². The smallest absolute Gasteiger partial charge is 0.412 e. The first-order chi connectivity index (χ1) is 12.9. The highest BCUT2D eigenvalue weighted by molar-refractivity contribution is 6.36. The summed E-state index contributed by atoms with van der Waals surface area (Å²) in [5, 5.41) is 8.20. The van der Waals surface area contributed by atoms with Crippen LogP contribution in [-0.2, 0) is 11.3 Å². The van der Waals surface area contributed by atoms with Gasteiger partial charge in [-0.2, -0.15) is 5.10 Å². The maximum Gasteiger partial charge on any atom is 0.412 e. The number of nitrogens with one attached hydrogen (secondary N) is 1. The van der Waals surface area contributed by atoms with Crippen LogP contribution in [0.4, 0.5) is 10.5 Å². The van der Waals surface area contributed by atoms with Gasteiger partial charge in [0.1, 0.15) is 18.8 Å². The predicted molar refractivity (Wildman–Crippen MR) is 106 cm³/mol. The third-order valence-electron chi connectivity index (χ3n) is 3.55. The van der Waals surface area contributed by atoms with E-state index in [0.29, 0.717) is 26.3 Å². The average Bonchev–Trinajstić information content (AvgIpc) is 3.10. The first-order valence-electron chi connectivity index (χ1n) is 7.62. The van der Waals surface area contributed by atoms with Crippen molar-refractivity contribution >= 4 is 58.2 Å². The summed E-state index contributed by atoms with van der Waals surface area (Å²) in [7, 11) is 0. The molecule has 0 saturated carbocycles. The summed E-state index contributed by atoms with van der Waals surface area (Å²) >= 11 is 24.2. The molecule has 3 rings (SSSR count). The average molecular weight is 446 g/mol. The zero-order chi connectivity index (χ0) is 19.4. The fourth-order valence-electron chi connectivity index (χ4n) is 2.32. The molecule has 0 bridgehead atoms. The fourth-order valence-corrected chi connectivity index (χ4v) is 3.30. The van der Waals surface area contributed by atoms with E-state index in [9.17, 15) is 4.79 Å². The van der Waals surface area contributed by atoms with E-state index in [-0.39, 0.29) is 11.6 Å². The summed E-state index contributed by atoms with van der Waals surface area (Å²) in [5.41, 5.74) is 0.946. The lowest BCUT2D eigenvalue weighted by molar-refractivity contribution is 0.0973. The molecule has 3 aromatic rings. The number of benzene rings is 2. The van der Waals surface area contributed by atoms with Crippen LogP contribution in [0.1, 0.15) is 11.7 Å². The molecular weight excluding hydrogens is 434 g/mol. The van der Waals surface area contributed by atoms with Crippen molar-refractivity contribution in [3.63, 3.8) is 0 Å². The number of halogens is 4. The Morgan fingerprint density at radius 2 is 1.78 bits per heavy atom. The van der Waals surface area contributed by atoms with Gasteiger partial charge in [-0.15, -0.1) is 0 Å². The van der Waals surface area contributed by atoms with Crippen molar-refractivity contribution in [2.45, 2.75) is 12.6 Å². The van der Waals surface area contributed by atoms with E-state index in [1.165, 1.54) is 23.4 Å². The van der Waals surface area contributed by atoms with Gasteiger partial charge in [0.15, 0.2) is 0 Å². The van der Waals surface area contributed by atoms with Crippen LogP contribution in [0.15, 0.2) is 49.1 Å². The molecule has 2 aromatic carbocycles. The highest BCUT2D eigenvalue weighted by Crippen LogP contribution is 2.31. The van der Waals surface area contributed by atoms with Crippen LogP contribution in [-0.4, -0.2) is 20.9 Å². The van der Waals surface area contributed by atoms with E-state index in [1.54, 1.807) is 30.3 Å². The second-order valence-corrected chi connectivity index (χ2v) is 7.11. The standard InChI is InChI=1S/C17H12Cl4N4O2/c18-10-1-3-12(13(20)5-10)16(7-25-9-22-8-23-25)27-17(26)24-15-4-2-11(19)6-14(15)21/h1-6,8-9,16H,7H2,(H,24,26)/t16-/m1/s1. The van der Waals surface area contributed by atoms with Gasteiger partial charge in [-0.3, -0.25) is 5.32 Å². The lowest BCUT2D eigenvalue weighted by Gasteiger charge is -2.20. The number of amides is 1. The van der Waals surface area contributed by atoms with E-state index < -0.39 is 12.2 Å². The monoisotopic (exact) mass is 444 g/mol. The highest BCUT2D eigenvalue weighted by Gasteiger charge is 2.21. The molecule has 0 aliphatic carbocycles. The van der Waals surface area contributed by atoms with Crippen molar-refractivity contribution in [3.05, 3.63) is 74.7 Å². The number of nitrogens with zero attached hydrogens (tertiary/aromatic N) is 3. The van der Waals surface area contributed by atoms with Crippen LogP contribution in [0.3, 0.4) is 0 Å². The molecule has 1 N–H and O–H groups in total. The summed E-state index contributed by atoms with van der Waals surface area (Å²) in [6.45, 7) is 0.211. The maximum absolute atomic E-state index is 12.4. The first-order valence-corrected chi connectivity index (χ1v) is 9.13. The van der Waals surface area contributed by atoms with Gasteiger partial charge in [-0.25, -0.2) is 14.5 Å². The molecular formula is C17H12Cl4N4O2. The first kappa shape index (κ1) is 19.8.